The zero-order valence-corrected chi connectivity index (χ0v) is 18.0. The van der Waals surface area contributed by atoms with Crippen molar-refractivity contribution in [1.82, 2.24) is 5.43 Å². The molecule has 0 fully saturated rings. The summed E-state index contributed by atoms with van der Waals surface area (Å²) in [5.41, 5.74) is 4.82. The quantitative estimate of drug-likeness (QED) is 0.367. The average Bonchev–Trinajstić information content (AvgIpc) is 2.77. The fourth-order valence-corrected chi connectivity index (χ4v) is 3.24. The van der Waals surface area contributed by atoms with E-state index < -0.39 is 12.0 Å². The Bertz CT molecular complexity index is 1130. The number of carbonyl (C=O) groups is 2. The van der Waals surface area contributed by atoms with Crippen molar-refractivity contribution < 1.29 is 14.7 Å². The van der Waals surface area contributed by atoms with Gasteiger partial charge in [0, 0.05) is 10.7 Å². The van der Waals surface area contributed by atoms with Gasteiger partial charge in [0.05, 0.1) is 16.3 Å². The molecule has 3 aromatic rings. The van der Waals surface area contributed by atoms with E-state index in [1.807, 2.05) is 0 Å². The lowest BCUT2D eigenvalue weighted by Gasteiger charge is -2.10. The molecule has 3 N–H and O–H groups in total. The van der Waals surface area contributed by atoms with Gasteiger partial charge in [-0.05, 0) is 48.4 Å². The van der Waals surface area contributed by atoms with Crippen LogP contribution in [0.2, 0.25) is 10.0 Å². The van der Waals surface area contributed by atoms with E-state index in [-0.39, 0.29) is 10.9 Å². The smallest absolute Gasteiger partial charge is 0.273 e. The maximum atomic E-state index is 12.5. The summed E-state index contributed by atoms with van der Waals surface area (Å²) >= 11 is 12.0. The van der Waals surface area contributed by atoms with Crippen LogP contribution in [0, 0.1) is 0 Å². The molecule has 0 saturated carbocycles. The number of rotatable bonds is 6. The van der Waals surface area contributed by atoms with Crippen LogP contribution in [0.15, 0.2) is 77.9 Å². The molecule has 1 atom stereocenters. The molecule has 0 radical (unpaired) electrons. The van der Waals surface area contributed by atoms with E-state index in [0.29, 0.717) is 33.1 Å². The van der Waals surface area contributed by atoms with Gasteiger partial charge in [0.25, 0.3) is 11.8 Å². The first kappa shape index (κ1) is 22.5. The summed E-state index contributed by atoms with van der Waals surface area (Å²) in [7, 11) is 0. The SMILES string of the molecule is CC(=NNC(=O)C(O)c1ccccc1)c1cccc(NC(=O)c2ccc(Cl)cc2Cl)c1. The summed E-state index contributed by atoms with van der Waals surface area (Å²) in [5, 5.41) is 17.6. The van der Waals surface area contributed by atoms with Crippen molar-refractivity contribution in [1.29, 1.82) is 0 Å². The lowest BCUT2D eigenvalue weighted by molar-refractivity contribution is -0.129. The predicted octanol–water partition coefficient (Wildman–Crippen LogP) is 4.82. The highest BCUT2D eigenvalue weighted by atomic mass is 35.5. The van der Waals surface area contributed by atoms with Crippen LogP contribution in [0.25, 0.3) is 0 Å². The molecular formula is C23H19Cl2N3O3. The van der Waals surface area contributed by atoms with Crippen LogP contribution in [0.3, 0.4) is 0 Å². The third-order valence-corrected chi connectivity index (χ3v) is 4.96. The molecule has 0 aliphatic rings. The third-order valence-electron chi connectivity index (χ3n) is 4.41. The number of hydrogen-bond acceptors (Lipinski definition) is 4. The first-order chi connectivity index (χ1) is 14.8. The number of amides is 2. The van der Waals surface area contributed by atoms with Gasteiger partial charge >= 0.3 is 0 Å². The molecule has 8 heteroatoms. The van der Waals surface area contributed by atoms with E-state index in [4.69, 9.17) is 23.2 Å². The Kier molecular flexibility index (Phi) is 7.41. The van der Waals surface area contributed by atoms with Gasteiger partial charge in [-0.25, -0.2) is 5.43 Å². The van der Waals surface area contributed by atoms with Gasteiger partial charge in [0.15, 0.2) is 6.10 Å². The minimum absolute atomic E-state index is 0.249. The van der Waals surface area contributed by atoms with E-state index in [1.165, 1.54) is 6.07 Å². The number of aliphatic hydroxyl groups excluding tert-OH is 1. The lowest BCUT2D eigenvalue weighted by atomic mass is 10.1. The molecule has 3 rings (SSSR count). The highest BCUT2D eigenvalue weighted by Crippen LogP contribution is 2.22. The second kappa shape index (κ2) is 10.2. The molecule has 2 amide bonds. The molecule has 0 spiro atoms. The van der Waals surface area contributed by atoms with E-state index in [0.717, 1.165) is 0 Å². The second-order valence-electron chi connectivity index (χ2n) is 6.65. The fraction of sp³-hybridized carbons (Fsp3) is 0.0870. The highest BCUT2D eigenvalue weighted by Gasteiger charge is 2.16. The Labute approximate surface area is 189 Å². The molecule has 0 bridgehead atoms. The van der Waals surface area contributed by atoms with Gasteiger partial charge in [-0.15, -0.1) is 0 Å². The average molecular weight is 456 g/mol. The summed E-state index contributed by atoms with van der Waals surface area (Å²) < 4.78 is 0. The van der Waals surface area contributed by atoms with Crippen molar-refractivity contribution in [3.8, 4) is 0 Å². The second-order valence-corrected chi connectivity index (χ2v) is 7.49. The minimum atomic E-state index is -1.33. The first-order valence-electron chi connectivity index (χ1n) is 9.29. The highest BCUT2D eigenvalue weighted by molar-refractivity contribution is 6.37. The molecule has 3 aromatic carbocycles. The van der Waals surface area contributed by atoms with Crippen molar-refractivity contribution in [3.63, 3.8) is 0 Å². The van der Waals surface area contributed by atoms with Crippen LogP contribution in [0.1, 0.15) is 34.5 Å². The third kappa shape index (κ3) is 5.92. The number of anilines is 1. The van der Waals surface area contributed by atoms with Crippen molar-refractivity contribution in [2.45, 2.75) is 13.0 Å². The predicted molar refractivity (Wildman–Crippen MR) is 123 cm³/mol. The monoisotopic (exact) mass is 455 g/mol. The lowest BCUT2D eigenvalue weighted by Crippen LogP contribution is -2.26. The van der Waals surface area contributed by atoms with Crippen LogP contribution in [0.4, 0.5) is 5.69 Å². The Balaban J connectivity index is 1.68. The molecule has 6 nitrogen and oxygen atoms in total. The fourth-order valence-electron chi connectivity index (χ4n) is 2.75. The molecule has 0 aliphatic carbocycles. The Morgan fingerprint density at radius 3 is 2.42 bits per heavy atom. The zero-order valence-electron chi connectivity index (χ0n) is 16.5. The number of aliphatic hydroxyl groups is 1. The standard InChI is InChI=1S/C23H19Cl2N3O3/c1-14(27-28-23(31)21(29)15-6-3-2-4-7-15)16-8-5-9-18(12-16)26-22(30)19-11-10-17(24)13-20(19)25/h2-13,21,29H,1H3,(H,26,30)(H,28,31). The largest absolute Gasteiger partial charge is 0.378 e. The number of benzene rings is 3. The maximum Gasteiger partial charge on any atom is 0.273 e. The summed E-state index contributed by atoms with van der Waals surface area (Å²) in [6, 6.07) is 20.1. The summed E-state index contributed by atoms with van der Waals surface area (Å²) in [5.74, 6) is -1.03. The van der Waals surface area contributed by atoms with Crippen molar-refractivity contribution >= 4 is 46.4 Å². The van der Waals surface area contributed by atoms with Gasteiger partial charge in [-0.1, -0.05) is 65.7 Å². The van der Waals surface area contributed by atoms with Crippen LogP contribution in [-0.4, -0.2) is 22.6 Å². The number of hydrazone groups is 1. The van der Waals surface area contributed by atoms with Crippen LogP contribution in [0.5, 0.6) is 0 Å². The molecule has 158 valence electrons. The molecule has 0 heterocycles. The van der Waals surface area contributed by atoms with E-state index in [2.05, 4.69) is 15.8 Å². The Morgan fingerprint density at radius 2 is 1.71 bits per heavy atom. The van der Waals surface area contributed by atoms with Crippen LogP contribution in [-0.2, 0) is 4.79 Å². The van der Waals surface area contributed by atoms with Crippen LogP contribution < -0.4 is 10.7 Å². The van der Waals surface area contributed by atoms with E-state index in [1.54, 1.807) is 73.7 Å². The molecule has 0 aromatic heterocycles. The van der Waals surface area contributed by atoms with Gasteiger partial charge < -0.3 is 10.4 Å². The van der Waals surface area contributed by atoms with Crippen molar-refractivity contribution in [2.75, 3.05) is 5.32 Å². The Morgan fingerprint density at radius 1 is 0.968 bits per heavy atom. The number of nitrogens with zero attached hydrogens (tertiary/aromatic N) is 1. The summed E-state index contributed by atoms with van der Waals surface area (Å²) in [6.07, 6.45) is -1.33. The van der Waals surface area contributed by atoms with Gasteiger partial charge in [0.1, 0.15) is 0 Å². The molecular weight excluding hydrogens is 437 g/mol. The number of nitrogens with one attached hydrogen (secondary N) is 2. The number of halogens is 2. The molecule has 0 aliphatic heterocycles. The first-order valence-corrected chi connectivity index (χ1v) is 10.0. The van der Waals surface area contributed by atoms with Gasteiger partial charge in [0.2, 0.25) is 0 Å². The molecule has 0 saturated heterocycles. The van der Waals surface area contributed by atoms with Gasteiger partial charge in [-0.3, -0.25) is 9.59 Å². The summed E-state index contributed by atoms with van der Waals surface area (Å²) in [6.45, 7) is 1.70. The molecule has 1 unspecified atom stereocenters. The maximum absolute atomic E-state index is 12.5. The summed E-state index contributed by atoms with van der Waals surface area (Å²) in [4.78, 5) is 24.7. The Hall–Kier alpha value is -3.19. The normalized spacial score (nSPS) is 12.2. The van der Waals surface area contributed by atoms with Crippen LogP contribution >= 0.6 is 23.2 Å². The minimum Gasteiger partial charge on any atom is -0.378 e. The van der Waals surface area contributed by atoms with E-state index >= 15 is 0 Å². The van der Waals surface area contributed by atoms with Crippen molar-refractivity contribution in [2.24, 2.45) is 5.10 Å². The number of hydrogen-bond donors (Lipinski definition) is 3. The van der Waals surface area contributed by atoms with Crippen molar-refractivity contribution in [3.05, 3.63) is 99.5 Å². The zero-order chi connectivity index (χ0) is 22.4. The topological polar surface area (TPSA) is 90.8 Å². The number of carbonyl (C=O) groups excluding carboxylic acids is 2. The van der Waals surface area contributed by atoms with Gasteiger partial charge in [-0.2, -0.15) is 5.10 Å². The van der Waals surface area contributed by atoms with E-state index in [9.17, 15) is 14.7 Å². The molecule has 31 heavy (non-hydrogen) atoms.